The predicted octanol–water partition coefficient (Wildman–Crippen LogP) is 3.14. The molecule has 6 nitrogen and oxygen atoms in total. The number of benzene rings is 3. The molecule has 33 heavy (non-hydrogen) atoms. The van der Waals surface area contributed by atoms with E-state index in [0.29, 0.717) is 5.56 Å². The van der Waals surface area contributed by atoms with Gasteiger partial charge < -0.3 is 15.5 Å². The van der Waals surface area contributed by atoms with Gasteiger partial charge in [0, 0.05) is 58.9 Å². The van der Waals surface area contributed by atoms with E-state index in [0.717, 1.165) is 57.2 Å². The summed E-state index contributed by atoms with van der Waals surface area (Å²) in [6.07, 6.45) is 0.838. The van der Waals surface area contributed by atoms with Gasteiger partial charge in [0.25, 0.3) is 5.91 Å². The van der Waals surface area contributed by atoms with Crippen LogP contribution in [0, 0.1) is 0 Å². The molecule has 0 atom stereocenters. The fourth-order valence-electron chi connectivity index (χ4n) is 4.45. The Bertz CT molecular complexity index is 1110. The van der Waals surface area contributed by atoms with E-state index < -0.39 is 0 Å². The van der Waals surface area contributed by atoms with Crippen LogP contribution in [0.2, 0.25) is 0 Å². The topological polar surface area (TPSA) is 60.0 Å². The summed E-state index contributed by atoms with van der Waals surface area (Å²) in [5.74, 6) is 0.893. The van der Waals surface area contributed by atoms with Gasteiger partial charge in [-0.25, -0.2) is 0 Å². The molecule has 2 N–H and O–H groups in total. The molecule has 1 aliphatic rings. The highest BCUT2D eigenvalue weighted by molar-refractivity contribution is 5.94. The number of hydrogen-bond acceptors (Lipinski definition) is 3. The Balaban J connectivity index is 1.27. The summed E-state index contributed by atoms with van der Waals surface area (Å²) in [5, 5.41) is 8.83. The van der Waals surface area contributed by atoms with Crippen LogP contribution in [0.15, 0.2) is 71.7 Å². The molecule has 3 aromatic rings. The first-order valence-corrected chi connectivity index (χ1v) is 11.6. The van der Waals surface area contributed by atoms with E-state index in [4.69, 9.17) is 0 Å². The van der Waals surface area contributed by atoms with Crippen molar-refractivity contribution >= 4 is 22.6 Å². The molecule has 6 heteroatoms. The molecule has 1 saturated heterocycles. The van der Waals surface area contributed by atoms with E-state index in [9.17, 15) is 4.79 Å². The van der Waals surface area contributed by atoms with Crippen LogP contribution >= 0.6 is 0 Å². The van der Waals surface area contributed by atoms with Gasteiger partial charge in [-0.05, 0) is 40.5 Å². The van der Waals surface area contributed by atoms with Gasteiger partial charge in [-0.3, -0.25) is 14.7 Å². The highest BCUT2D eigenvalue weighted by Gasteiger charge is 2.20. The number of carbonyl (C=O) groups excluding carboxylic acids is 1. The summed E-state index contributed by atoms with van der Waals surface area (Å²) in [6, 6.07) is 23.0. The van der Waals surface area contributed by atoms with Gasteiger partial charge in [-0.2, -0.15) is 0 Å². The molecule has 3 aromatic carbocycles. The van der Waals surface area contributed by atoms with Gasteiger partial charge in [0.15, 0.2) is 5.96 Å². The Labute approximate surface area is 196 Å². The molecule has 1 heterocycles. The summed E-state index contributed by atoms with van der Waals surface area (Å²) in [6.45, 7) is 5.69. The summed E-state index contributed by atoms with van der Waals surface area (Å²) in [4.78, 5) is 21.2. The molecule has 0 saturated carbocycles. The maximum atomic E-state index is 11.9. The number of nitrogens with one attached hydrogen (secondary N) is 2. The van der Waals surface area contributed by atoms with Gasteiger partial charge in [0.05, 0.1) is 0 Å². The zero-order valence-electron chi connectivity index (χ0n) is 19.6. The van der Waals surface area contributed by atoms with Crippen molar-refractivity contribution < 1.29 is 4.79 Å². The Kier molecular flexibility index (Phi) is 7.58. The maximum absolute atomic E-state index is 11.9. The molecule has 0 aliphatic carbocycles. The van der Waals surface area contributed by atoms with Crippen LogP contribution in [0.4, 0.5) is 0 Å². The number of piperazine rings is 1. The van der Waals surface area contributed by atoms with Crippen molar-refractivity contribution in [1.82, 2.24) is 20.4 Å². The summed E-state index contributed by atoms with van der Waals surface area (Å²) in [7, 11) is 3.50. The molecular weight excluding hydrogens is 410 g/mol. The minimum atomic E-state index is -0.0537. The average Bonchev–Trinajstić information content (AvgIpc) is 2.87. The minimum absolute atomic E-state index is 0.0537. The van der Waals surface area contributed by atoms with Crippen LogP contribution in [0.25, 0.3) is 10.8 Å². The van der Waals surface area contributed by atoms with Gasteiger partial charge in [0.1, 0.15) is 0 Å². The van der Waals surface area contributed by atoms with Crippen molar-refractivity contribution in [3.8, 4) is 0 Å². The fraction of sp³-hybridized carbons (Fsp3) is 0.333. The van der Waals surface area contributed by atoms with Gasteiger partial charge in [0.2, 0.25) is 0 Å². The van der Waals surface area contributed by atoms with E-state index >= 15 is 0 Å². The number of rotatable bonds is 6. The van der Waals surface area contributed by atoms with Crippen LogP contribution in [-0.4, -0.2) is 68.5 Å². The van der Waals surface area contributed by atoms with Crippen molar-refractivity contribution in [2.24, 2.45) is 4.99 Å². The summed E-state index contributed by atoms with van der Waals surface area (Å²) in [5.41, 5.74) is 3.23. The number of guanidine groups is 1. The lowest BCUT2D eigenvalue weighted by Gasteiger charge is -2.36. The van der Waals surface area contributed by atoms with Crippen LogP contribution in [0.1, 0.15) is 21.5 Å². The van der Waals surface area contributed by atoms with E-state index in [1.165, 1.54) is 16.3 Å². The first kappa shape index (κ1) is 22.8. The smallest absolute Gasteiger partial charge is 0.251 e. The van der Waals surface area contributed by atoms with Crippen LogP contribution in [0.3, 0.4) is 0 Å². The van der Waals surface area contributed by atoms with E-state index in [1.54, 1.807) is 7.05 Å². The monoisotopic (exact) mass is 443 g/mol. The number of hydrogen-bond donors (Lipinski definition) is 2. The van der Waals surface area contributed by atoms with Crippen molar-refractivity contribution in [1.29, 1.82) is 0 Å². The summed E-state index contributed by atoms with van der Waals surface area (Å²) < 4.78 is 0. The standard InChI is InChI=1S/C27H33N5O/c1-28-26(33)23-10-5-7-21(19-23)13-14-30-27(29-2)32-17-15-31(16-18-32)20-24-11-6-9-22-8-3-4-12-25(22)24/h3-12,19H,13-18,20H2,1-2H3,(H,28,33)(H,29,30). The first-order chi connectivity index (χ1) is 16.2. The number of nitrogens with zero attached hydrogens (tertiary/aromatic N) is 3. The Morgan fingerprint density at radius 1 is 0.970 bits per heavy atom. The Morgan fingerprint density at radius 2 is 1.73 bits per heavy atom. The molecule has 1 amide bonds. The van der Waals surface area contributed by atoms with Crippen LogP contribution in [0.5, 0.6) is 0 Å². The highest BCUT2D eigenvalue weighted by Crippen LogP contribution is 2.20. The second-order valence-electron chi connectivity index (χ2n) is 8.40. The van der Waals surface area contributed by atoms with Gasteiger partial charge >= 0.3 is 0 Å². The zero-order chi connectivity index (χ0) is 23.0. The first-order valence-electron chi connectivity index (χ1n) is 11.6. The molecule has 0 unspecified atom stereocenters. The number of amides is 1. The van der Waals surface area contributed by atoms with Gasteiger partial charge in [-0.1, -0.05) is 54.6 Å². The van der Waals surface area contributed by atoms with E-state index in [1.807, 2.05) is 25.2 Å². The molecule has 0 radical (unpaired) electrons. The number of aliphatic imine (C=N–C) groups is 1. The van der Waals surface area contributed by atoms with E-state index in [2.05, 4.69) is 74.0 Å². The lowest BCUT2D eigenvalue weighted by atomic mass is 10.0. The number of fused-ring (bicyclic) bond motifs is 1. The predicted molar refractivity (Wildman–Crippen MR) is 136 cm³/mol. The molecule has 172 valence electrons. The molecular formula is C27H33N5O. The lowest BCUT2D eigenvalue weighted by molar-refractivity contribution is 0.0963. The molecule has 1 fully saturated rings. The van der Waals surface area contributed by atoms with Crippen molar-refractivity contribution in [3.05, 3.63) is 83.4 Å². The largest absolute Gasteiger partial charge is 0.356 e. The third-order valence-electron chi connectivity index (χ3n) is 6.27. The third kappa shape index (κ3) is 5.71. The molecule has 0 bridgehead atoms. The molecule has 1 aliphatic heterocycles. The molecule has 0 aromatic heterocycles. The Hall–Kier alpha value is -3.38. The number of carbonyl (C=O) groups is 1. The van der Waals surface area contributed by atoms with Gasteiger partial charge in [-0.15, -0.1) is 0 Å². The quantitative estimate of drug-likeness (QED) is 0.454. The van der Waals surface area contributed by atoms with Crippen LogP contribution in [-0.2, 0) is 13.0 Å². The van der Waals surface area contributed by atoms with Crippen LogP contribution < -0.4 is 10.6 Å². The Morgan fingerprint density at radius 3 is 2.52 bits per heavy atom. The average molecular weight is 444 g/mol. The second-order valence-corrected chi connectivity index (χ2v) is 8.40. The maximum Gasteiger partial charge on any atom is 0.251 e. The molecule has 0 spiro atoms. The van der Waals surface area contributed by atoms with Crippen molar-refractivity contribution in [3.63, 3.8) is 0 Å². The zero-order valence-corrected chi connectivity index (χ0v) is 19.6. The normalized spacial score (nSPS) is 15.0. The van der Waals surface area contributed by atoms with E-state index in [-0.39, 0.29) is 5.91 Å². The SMILES string of the molecule is CN=C(NCCc1cccc(C(=O)NC)c1)N1CCN(Cc2cccc3ccccc23)CC1. The third-order valence-corrected chi connectivity index (χ3v) is 6.27. The fourth-order valence-corrected chi connectivity index (χ4v) is 4.45. The highest BCUT2D eigenvalue weighted by atomic mass is 16.1. The minimum Gasteiger partial charge on any atom is -0.356 e. The lowest BCUT2D eigenvalue weighted by Crippen LogP contribution is -2.52. The summed E-state index contributed by atoms with van der Waals surface area (Å²) >= 11 is 0. The molecule has 4 rings (SSSR count). The van der Waals surface area contributed by atoms with Crippen molar-refractivity contribution in [2.75, 3.05) is 46.8 Å². The van der Waals surface area contributed by atoms with Crippen molar-refractivity contribution in [2.45, 2.75) is 13.0 Å². The second kappa shape index (κ2) is 11.0.